The molecule has 1 aliphatic heterocycles. The molecule has 3 rings (SSSR count). The molecule has 23 heavy (non-hydrogen) atoms. The summed E-state index contributed by atoms with van der Waals surface area (Å²) in [5.41, 5.74) is 0. The highest BCUT2D eigenvalue weighted by Crippen LogP contribution is 2.11. The van der Waals surface area contributed by atoms with E-state index in [9.17, 15) is 5.11 Å². The average Bonchev–Trinajstić information content (AvgIpc) is 3.07. The van der Waals surface area contributed by atoms with Crippen molar-refractivity contribution in [1.82, 2.24) is 14.7 Å². The summed E-state index contributed by atoms with van der Waals surface area (Å²) in [6.45, 7) is 3.93. The summed E-state index contributed by atoms with van der Waals surface area (Å²) in [4.78, 5) is 2.22. The number of hydrogen-bond donors (Lipinski definition) is 1. The van der Waals surface area contributed by atoms with Crippen LogP contribution in [0.3, 0.4) is 0 Å². The first-order valence-corrected chi connectivity index (χ1v) is 7.97. The highest BCUT2D eigenvalue weighted by atomic mass is 16.5. The van der Waals surface area contributed by atoms with Gasteiger partial charge in [-0.25, -0.2) is 0 Å². The third-order valence-corrected chi connectivity index (χ3v) is 3.83. The Labute approximate surface area is 136 Å². The molecule has 1 aromatic heterocycles. The molecule has 124 valence electrons. The van der Waals surface area contributed by atoms with Crippen molar-refractivity contribution in [3.63, 3.8) is 0 Å². The van der Waals surface area contributed by atoms with Gasteiger partial charge in [-0.1, -0.05) is 18.2 Å². The van der Waals surface area contributed by atoms with Crippen LogP contribution in [0, 0.1) is 0 Å². The van der Waals surface area contributed by atoms with E-state index >= 15 is 0 Å². The van der Waals surface area contributed by atoms with Gasteiger partial charge in [0, 0.05) is 32.0 Å². The number of β-amino-alcohol motifs (C(OH)–C–C–N with tert-alkyl or cyclic N) is 1. The van der Waals surface area contributed by atoms with E-state index in [0.29, 0.717) is 19.8 Å². The molecule has 0 radical (unpaired) electrons. The van der Waals surface area contributed by atoms with E-state index in [1.165, 1.54) is 0 Å². The number of benzene rings is 1. The molecule has 0 amide bonds. The van der Waals surface area contributed by atoms with E-state index in [2.05, 4.69) is 10.00 Å². The number of ether oxygens (including phenoxy) is 2. The summed E-state index contributed by atoms with van der Waals surface area (Å²) in [6.07, 6.45) is 3.29. The summed E-state index contributed by atoms with van der Waals surface area (Å²) in [6, 6.07) is 11.5. The predicted molar refractivity (Wildman–Crippen MR) is 86.4 cm³/mol. The number of nitrogens with zero attached hydrogens (tertiary/aromatic N) is 3. The van der Waals surface area contributed by atoms with Gasteiger partial charge in [0.05, 0.1) is 19.3 Å². The molecule has 1 fully saturated rings. The highest BCUT2D eigenvalue weighted by Gasteiger charge is 2.23. The summed E-state index contributed by atoms with van der Waals surface area (Å²) in [7, 11) is 0. The summed E-state index contributed by atoms with van der Waals surface area (Å²) < 4.78 is 13.3. The van der Waals surface area contributed by atoms with E-state index in [4.69, 9.17) is 9.47 Å². The lowest BCUT2D eigenvalue weighted by molar-refractivity contribution is -0.0517. The van der Waals surface area contributed by atoms with Crippen LogP contribution in [0.2, 0.25) is 0 Å². The first-order valence-electron chi connectivity index (χ1n) is 7.97. The first kappa shape index (κ1) is 16.0. The lowest BCUT2D eigenvalue weighted by Gasteiger charge is -2.33. The van der Waals surface area contributed by atoms with Crippen molar-refractivity contribution >= 4 is 0 Å². The van der Waals surface area contributed by atoms with Crippen molar-refractivity contribution in [2.24, 2.45) is 0 Å². The molecule has 6 nitrogen and oxygen atoms in total. The molecule has 0 aliphatic carbocycles. The molecule has 1 aromatic carbocycles. The van der Waals surface area contributed by atoms with Gasteiger partial charge in [-0.15, -0.1) is 0 Å². The molecule has 2 aromatic rings. The molecule has 2 heterocycles. The van der Waals surface area contributed by atoms with Gasteiger partial charge in [0.1, 0.15) is 18.5 Å². The molecule has 0 unspecified atom stereocenters. The van der Waals surface area contributed by atoms with Crippen LogP contribution in [-0.4, -0.2) is 64.8 Å². The summed E-state index contributed by atoms with van der Waals surface area (Å²) >= 11 is 0. The van der Waals surface area contributed by atoms with Crippen molar-refractivity contribution in [1.29, 1.82) is 0 Å². The minimum absolute atomic E-state index is 0.103. The number of hydrogen-bond acceptors (Lipinski definition) is 5. The van der Waals surface area contributed by atoms with Crippen LogP contribution in [0.5, 0.6) is 5.75 Å². The average molecular weight is 317 g/mol. The lowest BCUT2D eigenvalue weighted by Crippen LogP contribution is -2.47. The maximum atomic E-state index is 10.2. The molecule has 1 N–H and O–H groups in total. The van der Waals surface area contributed by atoms with E-state index < -0.39 is 6.10 Å². The maximum Gasteiger partial charge on any atom is 0.119 e. The summed E-state index contributed by atoms with van der Waals surface area (Å²) in [5, 5.41) is 14.4. The fourth-order valence-electron chi connectivity index (χ4n) is 2.73. The largest absolute Gasteiger partial charge is 0.491 e. The zero-order chi connectivity index (χ0) is 15.9. The Morgan fingerprint density at radius 3 is 2.96 bits per heavy atom. The molecule has 0 bridgehead atoms. The van der Waals surface area contributed by atoms with Crippen LogP contribution in [0.15, 0.2) is 48.8 Å². The number of aromatic nitrogens is 2. The van der Waals surface area contributed by atoms with Crippen LogP contribution in [-0.2, 0) is 11.3 Å². The van der Waals surface area contributed by atoms with Crippen LogP contribution in [0.1, 0.15) is 0 Å². The van der Waals surface area contributed by atoms with Crippen LogP contribution >= 0.6 is 0 Å². The summed E-state index contributed by atoms with van der Waals surface area (Å²) in [5.74, 6) is 0.782. The zero-order valence-electron chi connectivity index (χ0n) is 13.1. The third-order valence-electron chi connectivity index (χ3n) is 3.83. The fourth-order valence-corrected chi connectivity index (χ4v) is 2.73. The molecule has 6 heteroatoms. The maximum absolute atomic E-state index is 10.2. The molecule has 1 saturated heterocycles. The highest BCUT2D eigenvalue weighted by molar-refractivity contribution is 5.20. The normalized spacial score (nSPS) is 20.3. The van der Waals surface area contributed by atoms with Crippen molar-refractivity contribution in [3.8, 4) is 5.75 Å². The number of morpholine rings is 1. The van der Waals surface area contributed by atoms with Crippen LogP contribution in [0.4, 0.5) is 0 Å². The smallest absolute Gasteiger partial charge is 0.119 e. The lowest BCUT2D eigenvalue weighted by atomic mass is 10.2. The van der Waals surface area contributed by atoms with E-state index in [1.54, 1.807) is 6.20 Å². The molecule has 0 saturated carbocycles. The van der Waals surface area contributed by atoms with Gasteiger partial charge in [0.2, 0.25) is 0 Å². The minimum Gasteiger partial charge on any atom is -0.491 e. The predicted octanol–water partition coefficient (Wildman–Crippen LogP) is 1.02. The van der Waals surface area contributed by atoms with Crippen molar-refractivity contribution in [3.05, 3.63) is 48.8 Å². The zero-order valence-corrected chi connectivity index (χ0v) is 13.1. The van der Waals surface area contributed by atoms with Crippen molar-refractivity contribution in [2.75, 3.05) is 32.8 Å². The quantitative estimate of drug-likeness (QED) is 0.826. The second-order valence-electron chi connectivity index (χ2n) is 5.76. The fraction of sp³-hybridized carbons (Fsp3) is 0.471. The van der Waals surface area contributed by atoms with E-state index in [1.807, 2.05) is 47.3 Å². The third kappa shape index (κ3) is 5.06. The SMILES string of the molecule is O[C@H](COc1ccccc1)CN1CCO[C@@H](Cn2cccn2)C1. The Morgan fingerprint density at radius 2 is 2.17 bits per heavy atom. The standard InChI is InChI=1S/C17H23N3O3/c21-15(14-23-16-5-2-1-3-6-16)11-19-9-10-22-17(12-19)13-20-8-4-7-18-20/h1-8,15,17,21H,9-14H2/t15-,17+/m0/s1. The molecule has 2 atom stereocenters. The first-order chi connectivity index (χ1) is 11.3. The van der Waals surface area contributed by atoms with E-state index in [0.717, 1.165) is 25.4 Å². The van der Waals surface area contributed by atoms with Gasteiger partial charge in [-0.05, 0) is 18.2 Å². The van der Waals surface area contributed by atoms with Crippen LogP contribution < -0.4 is 4.74 Å². The molecule has 1 aliphatic rings. The van der Waals surface area contributed by atoms with Crippen molar-refractivity contribution < 1.29 is 14.6 Å². The Hall–Kier alpha value is -1.89. The Morgan fingerprint density at radius 1 is 1.30 bits per heavy atom. The van der Waals surface area contributed by atoms with Gasteiger partial charge in [-0.2, -0.15) is 5.10 Å². The van der Waals surface area contributed by atoms with Crippen molar-refractivity contribution in [2.45, 2.75) is 18.8 Å². The topological polar surface area (TPSA) is 59.8 Å². The van der Waals surface area contributed by atoms with Gasteiger partial charge >= 0.3 is 0 Å². The molecular formula is C17H23N3O3. The monoisotopic (exact) mass is 317 g/mol. The number of para-hydroxylation sites is 1. The second-order valence-corrected chi connectivity index (χ2v) is 5.76. The van der Waals surface area contributed by atoms with Gasteiger partial charge in [0.15, 0.2) is 0 Å². The van der Waals surface area contributed by atoms with E-state index in [-0.39, 0.29) is 6.10 Å². The number of rotatable bonds is 7. The number of aliphatic hydroxyl groups excluding tert-OH is 1. The Kier molecular flexibility index (Phi) is 5.63. The Balaban J connectivity index is 1.41. The molecular weight excluding hydrogens is 294 g/mol. The number of aliphatic hydroxyl groups is 1. The van der Waals surface area contributed by atoms with Gasteiger partial charge in [0.25, 0.3) is 0 Å². The molecule has 0 spiro atoms. The van der Waals surface area contributed by atoms with Crippen LogP contribution in [0.25, 0.3) is 0 Å². The van der Waals surface area contributed by atoms with Gasteiger partial charge < -0.3 is 14.6 Å². The van der Waals surface area contributed by atoms with Gasteiger partial charge in [-0.3, -0.25) is 9.58 Å². The second kappa shape index (κ2) is 8.10. The minimum atomic E-state index is -0.515. The Bertz CT molecular complexity index is 562.